The second-order valence-corrected chi connectivity index (χ2v) is 5.99. The average Bonchev–Trinajstić information content (AvgIpc) is 2.75. The minimum Gasteiger partial charge on any atom is -0.387 e. The van der Waals surface area contributed by atoms with Gasteiger partial charge in [0.05, 0.1) is 16.4 Å². The highest BCUT2D eigenvalue weighted by Crippen LogP contribution is 2.24. The molecule has 0 aliphatic rings. The molecule has 0 spiro atoms. The van der Waals surface area contributed by atoms with Crippen LogP contribution in [0.25, 0.3) is 0 Å². The van der Waals surface area contributed by atoms with E-state index in [4.69, 9.17) is 0 Å². The number of aliphatic hydroxyl groups is 1. The Morgan fingerprint density at radius 2 is 2.27 bits per heavy atom. The van der Waals surface area contributed by atoms with Gasteiger partial charge in [0.25, 0.3) is 0 Å². The Labute approximate surface area is 101 Å². The summed E-state index contributed by atoms with van der Waals surface area (Å²) >= 11 is 5.16. The largest absolute Gasteiger partial charge is 0.387 e. The van der Waals surface area contributed by atoms with E-state index in [-0.39, 0.29) is 0 Å². The van der Waals surface area contributed by atoms with Crippen LogP contribution < -0.4 is 0 Å². The summed E-state index contributed by atoms with van der Waals surface area (Å²) in [6, 6.07) is 8.06. The summed E-state index contributed by atoms with van der Waals surface area (Å²) in [6.07, 6.45) is 1.58. The monoisotopic (exact) mass is 285 g/mol. The lowest BCUT2D eigenvalue weighted by molar-refractivity contribution is 0.190. The number of halogens is 1. The quantitative estimate of drug-likeness (QED) is 0.919. The molecular formula is C11H12BrNOS. The highest BCUT2D eigenvalue weighted by atomic mass is 79.9. The summed E-state index contributed by atoms with van der Waals surface area (Å²) in [4.78, 5) is 1.28. The van der Waals surface area contributed by atoms with Gasteiger partial charge in [-0.15, -0.1) is 11.3 Å². The van der Waals surface area contributed by atoms with Crippen molar-refractivity contribution in [3.8, 4) is 0 Å². The molecule has 1 atom stereocenters. The number of rotatable bonds is 3. The van der Waals surface area contributed by atoms with Crippen LogP contribution in [0.3, 0.4) is 0 Å². The van der Waals surface area contributed by atoms with Gasteiger partial charge in [-0.1, -0.05) is 0 Å². The van der Waals surface area contributed by atoms with Crippen LogP contribution in [0.1, 0.15) is 23.6 Å². The number of aliphatic hydroxyl groups excluding tert-OH is 1. The zero-order chi connectivity index (χ0) is 10.8. The van der Waals surface area contributed by atoms with Crippen molar-refractivity contribution in [3.63, 3.8) is 0 Å². The number of hydrogen-bond donors (Lipinski definition) is 1. The second-order valence-electron chi connectivity index (χ2n) is 3.44. The predicted octanol–water partition coefficient (Wildman–Crippen LogP) is 3.41. The summed E-state index contributed by atoms with van der Waals surface area (Å²) in [7, 11) is 0. The van der Waals surface area contributed by atoms with Gasteiger partial charge >= 0.3 is 0 Å². The van der Waals surface area contributed by atoms with Crippen molar-refractivity contribution in [1.82, 2.24) is 4.57 Å². The SMILES string of the molecule is CC(O)c1cccn1Cc1ccc(Br)s1. The van der Waals surface area contributed by atoms with Gasteiger partial charge in [0.2, 0.25) is 0 Å². The highest BCUT2D eigenvalue weighted by Gasteiger charge is 2.07. The third-order valence-electron chi connectivity index (χ3n) is 2.25. The zero-order valence-corrected chi connectivity index (χ0v) is 10.8. The lowest BCUT2D eigenvalue weighted by atomic mass is 10.3. The Balaban J connectivity index is 2.20. The Kier molecular flexibility index (Phi) is 3.29. The molecule has 2 nitrogen and oxygen atoms in total. The molecule has 0 amide bonds. The Morgan fingerprint density at radius 3 is 2.87 bits per heavy atom. The number of aromatic nitrogens is 1. The molecule has 1 unspecified atom stereocenters. The molecule has 0 fully saturated rings. The molecule has 0 aliphatic carbocycles. The molecule has 0 aliphatic heterocycles. The third-order valence-corrected chi connectivity index (χ3v) is 3.86. The maximum Gasteiger partial charge on any atom is 0.0911 e. The molecule has 80 valence electrons. The summed E-state index contributed by atoms with van der Waals surface area (Å²) < 4.78 is 3.21. The summed E-state index contributed by atoms with van der Waals surface area (Å²) in [5.74, 6) is 0. The fourth-order valence-corrected chi connectivity index (χ4v) is 3.04. The molecule has 2 rings (SSSR count). The van der Waals surface area contributed by atoms with E-state index in [1.807, 2.05) is 24.4 Å². The van der Waals surface area contributed by atoms with Gasteiger partial charge in [-0.2, -0.15) is 0 Å². The maximum absolute atomic E-state index is 9.55. The normalized spacial score (nSPS) is 13.0. The van der Waals surface area contributed by atoms with Crippen molar-refractivity contribution in [1.29, 1.82) is 0 Å². The van der Waals surface area contributed by atoms with Gasteiger partial charge in [0.15, 0.2) is 0 Å². The predicted molar refractivity (Wildman–Crippen MR) is 66.2 cm³/mol. The van der Waals surface area contributed by atoms with Crippen LogP contribution in [0.15, 0.2) is 34.2 Å². The molecule has 0 radical (unpaired) electrons. The standard InChI is InChI=1S/C11H12BrNOS/c1-8(14)10-3-2-6-13(10)7-9-4-5-11(12)15-9/h2-6,8,14H,7H2,1H3. The number of thiophene rings is 1. The van der Waals surface area contributed by atoms with Crippen LogP contribution >= 0.6 is 27.3 Å². The van der Waals surface area contributed by atoms with Gasteiger partial charge in [-0.05, 0) is 47.1 Å². The molecule has 4 heteroatoms. The first-order valence-corrected chi connectivity index (χ1v) is 6.35. The van der Waals surface area contributed by atoms with Gasteiger partial charge in [0, 0.05) is 16.8 Å². The first kappa shape index (κ1) is 10.9. The Bertz CT molecular complexity index is 447. The van der Waals surface area contributed by atoms with Crippen molar-refractivity contribution in [2.45, 2.75) is 19.6 Å². The van der Waals surface area contributed by atoms with Gasteiger partial charge in [0.1, 0.15) is 0 Å². The van der Waals surface area contributed by atoms with Crippen LogP contribution in [0.5, 0.6) is 0 Å². The molecule has 1 N–H and O–H groups in total. The van der Waals surface area contributed by atoms with E-state index in [9.17, 15) is 5.11 Å². The molecule has 0 bridgehead atoms. The number of nitrogens with zero attached hydrogens (tertiary/aromatic N) is 1. The van der Waals surface area contributed by atoms with Crippen molar-refractivity contribution in [2.75, 3.05) is 0 Å². The van der Waals surface area contributed by atoms with Crippen LogP contribution in [0, 0.1) is 0 Å². The van der Waals surface area contributed by atoms with E-state index in [1.165, 1.54) is 4.88 Å². The molecule has 0 saturated heterocycles. The van der Waals surface area contributed by atoms with Crippen molar-refractivity contribution < 1.29 is 5.11 Å². The smallest absolute Gasteiger partial charge is 0.0911 e. The lowest BCUT2D eigenvalue weighted by Gasteiger charge is -2.09. The van der Waals surface area contributed by atoms with Crippen LogP contribution in [0.4, 0.5) is 0 Å². The molecule has 2 aromatic heterocycles. The lowest BCUT2D eigenvalue weighted by Crippen LogP contribution is -2.04. The number of hydrogen-bond acceptors (Lipinski definition) is 2. The van der Waals surface area contributed by atoms with Crippen molar-refractivity contribution in [2.24, 2.45) is 0 Å². The minimum absolute atomic E-state index is 0.414. The van der Waals surface area contributed by atoms with Gasteiger partial charge < -0.3 is 9.67 Å². The summed E-state index contributed by atoms with van der Waals surface area (Å²) in [6.45, 7) is 2.61. The van der Waals surface area contributed by atoms with Crippen LogP contribution in [0.2, 0.25) is 0 Å². The first-order chi connectivity index (χ1) is 7.16. The van der Waals surface area contributed by atoms with E-state index in [1.54, 1.807) is 18.3 Å². The Hall–Kier alpha value is -0.580. The van der Waals surface area contributed by atoms with Crippen molar-refractivity contribution >= 4 is 27.3 Å². The summed E-state index contributed by atoms with van der Waals surface area (Å²) in [5.41, 5.74) is 0.958. The molecule has 2 aromatic rings. The molecular weight excluding hydrogens is 274 g/mol. The van der Waals surface area contributed by atoms with E-state index in [0.29, 0.717) is 0 Å². The maximum atomic E-state index is 9.55. The third kappa shape index (κ3) is 2.51. The van der Waals surface area contributed by atoms with Gasteiger partial charge in [-0.3, -0.25) is 0 Å². The van der Waals surface area contributed by atoms with E-state index in [2.05, 4.69) is 26.6 Å². The second kappa shape index (κ2) is 4.51. The van der Waals surface area contributed by atoms with Gasteiger partial charge in [-0.25, -0.2) is 0 Å². The molecule has 0 saturated carbocycles. The van der Waals surface area contributed by atoms with E-state index < -0.39 is 6.10 Å². The molecule has 2 heterocycles. The topological polar surface area (TPSA) is 25.2 Å². The first-order valence-electron chi connectivity index (χ1n) is 4.74. The fraction of sp³-hybridized carbons (Fsp3) is 0.273. The Morgan fingerprint density at radius 1 is 1.47 bits per heavy atom. The van der Waals surface area contributed by atoms with Crippen molar-refractivity contribution in [3.05, 3.63) is 44.8 Å². The van der Waals surface area contributed by atoms with Crippen LogP contribution in [-0.2, 0) is 6.54 Å². The summed E-state index contributed by atoms with van der Waals surface area (Å²) in [5, 5.41) is 9.55. The minimum atomic E-state index is -0.414. The highest BCUT2D eigenvalue weighted by molar-refractivity contribution is 9.11. The molecule has 0 aromatic carbocycles. The van der Waals surface area contributed by atoms with Crippen LogP contribution in [-0.4, -0.2) is 9.67 Å². The van der Waals surface area contributed by atoms with E-state index in [0.717, 1.165) is 16.0 Å². The van der Waals surface area contributed by atoms with E-state index >= 15 is 0 Å². The average molecular weight is 286 g/mol. The molecule has 15 heavy (non-hydrogen) atoms. The zero-order valence-electron chi connectivity index (χ0n) is 8.35. The fourth-order valence-electron chi connectivity index (χ4n) is 1.56.